The van der Waals surface area contributed by atoms with Gasteiger partial charge < -0.3 is 15.2 Å². The van der Waals surface area contributed by atoms with E-state index in [9.17, 15) is 0 Å². The number of hydrogen-bond acceptors (Lipinski definition) is 5. The normalized spacial score (nSPS) is 24.7. The average Bonchev–Trinajstić information content (AvgIpc) is 3.25. The minimum atomic E-state index is -0.139. The molecule has 2 rings (SSSR count). The Bertz CT molecular complexity index is 236. The smallest absolute Gasteiger partial charge is 0.158 e. The second kappa shape index (κ2) is 6.82. The highest BCUT2D eigenvalue weighted by Crippen LogP contribution is 2.27. The van der Waals surface area contributed by atoms with E-state index in [4.69, 9.17) is 15.2 Å². The maximum atomic E-state index is 5.90. The number of nitrogens with zero attached hydrogens (tertiary/aromatic N) is 2. The highest BCUT2D eigenvalue weighted by Gasteiger charge is 2.33. The van der Waals surface area contributed by atoms with Gasteiger partial charge in [0.05, 0.1) is 0 Å². The van der Waals surface area contributed by atoms with Gasteiger partial charge in [0.15, 0.2) is 6.29 Å². The summed E-state index contributed by atoms with van der Waals surface area (Å²) in [6, 6.07) is 1.26. The third-order valence-corrected chi connectivity index (χ3v) is 4.19. The molecular weight excluding hydrogens is 230 g/mol. The molecular formula is C13H27N3O2. The van der Waals surface area contributed by atoms with E-state index in [-0.39, 0.29) is 6.29 Å². The molecule has 1 aliphatic heterocycles. The quantitative estimate of drug-likeness (QED) is 0.656. The molecule has 0 radical (unpaired) electrons. The molecule has 0 amide bonds. The van der Waals surface area contributed by atoms with Gasteiger partial charge in [-0.15, -0.1) is 0 Å². The fourth-order valence-corrected chi connectivity index (χ4v) is 2.81. The summed E-state index contributed by atoms with van der Waals surface area (Å²) in [7, 11) is 3.37. The first-order valence-electron chi connectivity index (χ1n) is 7.02. The molecule has 5 heteroatoms. The highest BCUT2D eigenvalue weighted by molar-refractivity contribution is 4.89. The van der Waals surface area contributed by atoms with E-state index in [1.807, 2.05) is 0 Å². The Balaban J connectivity index is 1.77. The van der Waals surface area contributed by atoms with Crippen molar-refractivity contribution in [1.82, 2.24) is 9.80 Å². The zero-order valence-corrected chi connectivity index (χ0v) is 11.7. The molecule has 0 aromatic carbocycles. The molecule has 1 saturated heterocycles. The lowest BCUT2D eigenvalue weighted by atomic mass is 10.1. The zero-order chi connectivity index (χ0) is 13.0. The molecule has 0 aromatic heterocycles. The topological polar surface area (TPSA) is 51.0 Å². The number of methoxy groups -OCH3 is 2. The van der Waals surface area contributed by atoms with Gasteiger partial charge in [-0.1, -0.05) is 0 Å². The van der Waals surface area contributed by atoms with E-state index in [0.29, 0.717) is 12.6 Å². The Morgan fingerprint density at radius 2 is 1.72 bits per heavy atom. The van der Waals surface area contributed by atoms with Gasteiger partial charge in [0.25, 0.3) is 0 Å². The molecule has 18 heavy (non-hydrogen) atoms. The van der Waals surface area contributed by atoms with Gasteiger partial charge in [-0.2, -0.15) is 0 Å². The maximum Gasteiger partial charge on any atom is 0.158 e. The second-order valence-corrected chi connectivity index (χ2v) is 5.33. The zero-order valence-electron chi connectivity index (χ0n) is 11.7. The van der Waals surface area contributed by atoms with E-state index < -0.39 is 0 Å². The van der Waals surface area contributed by atoms with E-state index in [0.717, 1.165) is 25.6 Å². The summed E-state index contributed by atoms with van der Waals surface area (Å²) >= 11 is 0. The van der Waals surface area contributed by atoms with Crippen molar-refractivity contribution in [2.75, 3.05) is 46.9 Å². The molecule has 0 bridgehead atoms. The summed E-state index contributed by atoms with van der Waals surface area (Å²) in [5.41, 5.74) is 5.90. The summed E-state index contributed by atoms with van der Waals surface area (Å²) in [6.45, 7) is 5.29. The molecule has 0 aromatic rings. The van der Waals surface area contributed by atoms with E-state index >= 15 is 0 Å². The van der Waals surface area contributed by atoms with Crippen LogP contribution in [-0.2, 0) is 9.47 Å². The lowest BCUT2D eigenvalue weighted by Gasteiger charge is -2.39. The van der Waals surface area contributed by atoms with Crippen LogP contribution in [0.1, 0.15) is 19.3 Å². The molecule has 2 aliphatic rings. The van der Waals surface area contributed by atoms with Gasteiger partial charge in [0, 0.05) is 65.4 Å². The number of ether oxygens (including phenoxy) is 2. The van der Waals surface area contributed by atoms with Crippen LogP contribution in [0, 0.1) is 0 Å². The monoisotopic (exact) mass is 257 g/mol. The third-order valence-electron chi connectivity index (χ3n) is 4.19. The number of rotatable bonds is 7. The Labute approximate surface area is 110 Å². The van der Waals surface area contributed by atoms with Crippen molar-refractivity contribution < 1.29 is 9.47 Å². The summed E-state index contributed by atoms with van der Waals surface area (Å²) < 4.78 is 10.6. The Hall–Kier alpha value is -0.200. The first-order valence-corrected chi connectivity index (χ1v) is 7.02. The predicted octanol–water partition coefficient (Wildman–Crippen LogP) is 0.103. The van der Waals surface area contributed by atoms with Crippen molar-refractivity contribution in [1.29, 1.82) is 0 Å². The number of piperazine rings is 1. The molecule has 1 unspecified atom stereocenters. The van der Waals surface area contributed by atoms with E-state index in [1.165, 1.54) is 25.9 Å². The molecule has 106 valence electrons. The van der Waals surface area contributed by atoms with Gasteiger partial charge in [-0.3, -0.25) is 9.80 Å². The average molecular weight is 257 g/mol. The van der Waals surface area contributed by atoms with Crippen molar-refractivity contribution in [2.24, 2.45) is 5.73 Å². The summed E-state index contributed by atoms with van der Waals surface area (Å²) in [6.07, 6.45) is 3.51. The van der Waals surface area contributed by atoms with Gasteiger partial charge in [0.2, 0.25) is 0 Å². The van der Waals surface area contributed by atoms with Crippen LogP contribution in [0.2, 0.25) is 0 Å². The summed E-state index contributed by atoms with van der Waals surface area (Å²) in [5, 5.41) is 0. The molecule has 0 spiro atoms. The molecule has 2 fully saturated rings. The fraction of sp³-hybridized carbons (Fsp3) is 1.00. The predicted molar refractivity (Wildman–Crippen MR) is 71.4 cm³/mol. The van der Waals surface area contributed by atoms with Crippen molar-refractivity contribution in [3.63, 3.8) is 0 Å². The van der Waals surface area contributed by atoms with Crippen LogP contribution in [0.3, 0.4) is 0 Å². The molecule has 5 nitrogen and oxygen atoms in total. The van der Waals surface area contributed by atoms with Crippen molar-refractivity contribution in [3.8, 4) is 0 Å². The number of nitrogens with two attached hydrogens (primary N) is 1. The van der Waals surface area contributed by atoms with Crippen molar-refractivity contribution >= 4 is 0 Å². The van der Waals surface area contributed by atoms with Crippen LogP contribution in [0.4, 0.5) is 0 Å². The largest absolute Gasteiger partial charge is 0.356 e. The van der Waals surface area contributed by atoms with Gasteiger partial charge >= 0.3 is 0 Å². The molecule has 1 heterocycles. The molecule has 1 saturated carbocycles. The highest BCUT2D eigenvalue weighted by atomic mass is 16.7. The first kappa shape index (κ1) is 14.2. The fourth-order valence-electron chi connectivity index (χ4n) is 2.81. The summed E-state index contributed by atoms with van der Waals surface area (Å²) in [5.74, 6) is 0. The van der Waals surface area contributed by atoms with Crippen LogP contribution in [0.25, 0.3) is 0 Å². The minimum Gasteiger partial charge on any atom is -0.356 e. The SMILES string of the molecule is COC(CC(CN)N1CCN(C2CC2)CC1)OC. The lowest BCUT2D eigenvalue weighted by Crippen LogP contribution is -2.53. The Morgan fingerprint density at radius 1 is 1.11 bits per heavy atom. The van der Waals surface area contributed by atoms with Gasteiger partial charge in [-0.05, 0) is 12.8 Å². The second-order valence-electron chi connectivity index (χ2n) is 5.33. The third kappa shape index (κ3) is 3.65. The van der Waals surface area contributed by atoms with Gasteiger partial charge in [0.1, 0.15) is 0 Å². The minimum absolute atomic E-state index is 0.139. The molecule has 1 atom stereocenters. The van der Waals surface area contributed by atoms with E-state index in [2.05, 4.69) is 9.80 Å². The number of hydrogen-bond donors (Lipinski definition) is 1. The van der Waals surface area contributed by atoms with Crippen LogP contribution < -0.4 is 5.73 Å². The van der Waals surface area contributed by atoms with Gasteiger partial charge in [-0.25, -0.2) is 0 Å². The molecule has 2 N–H and O–H groups in total. The van der Waals surface area contributed by atoms with E-state index in [1.54, 1.807) is 14.2 Å². The summed E-state index contributed by atoms with van der Waals surface area (Å²) in [4.78, 5) is 5.11. The lowest BCUT2D eigenvalue weighted by molar-refractivity contribution is -0.118. The van der Waals surface area contributed by atoms with Crippen LogP contribution in [0.15, 0.2) is 0 Å². The van der Waals surface area contributed by atoms with Crippen LogP contribution >= 0.6 is 0 Å². The maximum absolute atomic E-state index is 5.90. The Morgan fingerprint density at radius 3 is 2.17 bits per heavy atom. The standard InChI is InChI=1S/C13H27N3O2/c1-17-13(18-2)9-12(10-14)16-7-5-15(6-8-16)11-3-4-11/h11-13H,3-10,14H2,1-2H3. The van der Waals surface area contributed by atoms with Crippen LogP contribution in [-0.4, -0.2) is 75.1 Å². The molecule has 1 aliphatic carbocycles. The Kier molecular flexibility index (Phi) is 5.38. The van der Waals surface area contributed by atoms with Crippen molar-refractivity contribution in [3.05, 3.63) is 0 Å². The first-order chi connectivity index (χ1) is 8.78. The van der Waals surface area contributed by atoms with Crippen molar-refractivity contribution in [2.45, 2.75) is 37.6 Å². The van der Waals surface area contributed by atoms with Crippen LogP contribution in [0.5, 0.6) is 0 Å².